The first-order valence-corrected chi connectivity index (χ1v) is 7.15. The molecule has 19 heavy (non-hydrogen) atoms. The molecular formula is C17H21NO. The molecule has 0 heterocycles. The summed E-state index contributed by atoms with van der Waals surface area (Å²) >= 11 is 0. The highest BCUT2D eigenvalue weighted by atomic mass is 16.5. The van der Waals surface area contributed by atoms with Crippen LogP contribution in [-0.2, 0) is 0 Å². The maximum absolute atomic E-state index is 6.08. The van der Waals surface area contributed by atoms with E-state index in [0.29, 0.717) is 0 Å². The SMILES string of the molecule is CC(N)c1ccc2ccccc2c1OCCC1CC1. The standard InChI is InChI=1S/C17H21NO/c1-12(18)15-9-8-14-4-2-3-5-16(14)17(15)19-11-10-13-6-7-13/h2-5,8-9,12-13H,6-7,10-11,18H2,1H3. The van der Waals surface area contributed by atoms with Crippen molar-refractivity contribution in [1.29, 1.82) is 0 Å². The minimum atomic E-state index is 0.000492. The van der Waals surface area contributed by atoms with Crippen LogP contribution in [0.4, 0.5) is 0 Å². The summed E-state index contributed by atoms with van der Waals surface area (Å²) in [6.45, 7) is 2.82. The van der Waals surface area contributed by atoms with Crippen molar-refractivity contribution in [3.63, 3.8) is 0 Å². The van der Waals surface area contributed by atoms with Crippen LogP contribution in [0.2, 0.25) is 0 Å². The van der Waals surface area contributed by atoms with E-state index < -0.39 is 0 Å². The van der Waals surface area contributed by atoms with E-state index in [1.165, 1.54) is 30.0 Å². The van der Waals surface area contributed by atoms with Gasteiger partial charge in [-0.1, -0.05) is 49.2 Å². The third-order valence-electron chi connectivity index (χ3n) is 3.87. The molecule has 2 aromatic rings. The largest absolute Gasteiger partial charge is 0.493 e. The Balaban J connectivity index is 1.93. The van der Waals surface area contributed by atoms with Gasteiger partial charge in [-0.2, -0.15) is 0 Å². The average Bonchev–Trinajstić information content (AvgIpc) is 3.22. The maximum atomic E-state index is 6.08. The Morgan fingerprint density at radius 2 is 2.00 bits per heavy atom. The summed E-state index contributed by atoms with van der Waals surface area (Å²) in [5.74, 6) is 1.88. The second kappa shape index (κ2) is 5.22. The van der Waals surface area contributed by atoms with Gasteiger partial charge in [-0.3, -0.25) is 0 Å². The van der Waals surface area contributed by atoms with E-state index in [4.69, 9.17) is 10.5 Å². The predicted molar refractivity (Wildman–Crippen MR) is 79.4 cm³/mol. The number of hydrogen-bond acceptors (Lipinski definition) is 2. The van der Waals surface area contributed by atoms with Crippen LogP contribution in [0.5, 0.6) is 5.75 Å². The number of nitrogens with two attached hydrogens (primary N) is 1. The molecule has 2 nitrogen and oxygen atoms in total. The van der Waals surface area contributed by atoms with Gasteiger partial charge >= 0.3 is 0 Å². The molecule has 3 rings (SSSR count). The van der Waals surface area contributed by atoms with Crippen LogP contribution < -0.4 is 10.5 Å². The Kier molecular flexibility index (Phi) is 3.43. The smallest absolute Gasteiger partial charge is 0.131 e. The van der Waals surface area contributed by atoms with Crippen LogP contribution in [0.25, 0.3) is 10.8 Å². The van der Waals surface area contributed by atoms with Crippen molar-refractivity contribution in [3.8, 4) is 5.75 Å². The van der Waals surface area contributed by atoms with Gasteiger partial charge in [0.1, 0.15) is 5.75 Å². The number of ether oxygens (including phenoxy) is 1. The summed E-state index contributed by atoms with van der Waals surface area (Å²) < 4.78 is 6.08. The van der Waals surface area contributed by atoms with Crippen molar-refractivity contribution >= 4 is 10.8 Å². The van der Waals surface area contributed by atoms with Gasteiger partial charge in [-0.15, -0.1) is 0 Å². The van der Waals surface area contributed by atoms with Crippen molar-refractivity contribution in [1.82, 2.24) is 0 Å². The lowest BCUT2D eigenvalue weighted by atomic mass is 10.0. The molecule has 1 fully saturated rings. The lowest BCUT2D eigenvalue weighted by Crippen LogP contribution is -2.09. The third-order valence-corrected chi connectivity index (χ3v) is 3.87. The molecule has 1 unspecified atom stereocenters. The summed E-state index contributed by atoms with van der Waals surface area (Å²) in [6.07, 6.45) is 3.92. The predicted octanol–water partition coefficient (Wildman–Crippen LogP) is 4.04. The normalized spacial score (nSPS) is 16.5. The first kappa shape index (κ1) is 12.5. The van der Waals surface area contributed by atoms with Gasteiger partial charge in [0.15, 0.2) is 0 Å². The Morgan fingerprint density at radius 3 is 2.74 bits per heavy atom. The molecule has 0 amide bonds. The minimum absolute atomic E-state index is 0.000492. The summed E-state index contributed by atoms with van der Waals surface area (Å²) in [7, 11) is 0. The zero-order chi connectivity index (χ0) is 13.2. The molecule has 0 saturated heterocycles. The van der Waals surface area contributed by atoms with E-state index in [0.717, 1.165) is 23.8 Å². The monoisotopic (exact) mass is 255 g/mol. The number of rotatable bonds is 5. The van der Waals surface area contributed by atoms with Crippen molar-refractivity contribution < 1.29 is 4.74 Å². The van der Waals surface area contributed by atoms with Gasteiger partial charge < -0.3 is 10.5 Å². The van der Waals surface area contributed by atoms with Crippen LogP contribution in [-0.4, -0.2) is 6.61 Å². The highest BCUT2D eigenvalue weighted by Crippen LogP contribution is 2.35. The summed E-state index contributed by atoms with van der Waals surface area (Å²) in [4.78, 5) is 0. The minimum Gasteiger partial charge on any atom is -0.493 e. The second-order valence-corrected chi connectivity index (χ2v) is 5.57. The fourth-order valence-electron chi connectivity index (χ4n) is 2.51. The molecule has 1 saturated carbocycles. The van der Waals surface area contributed by atoms with E-state index in [2.05, 4.69) is 36.4 Å². The quantitative estimate of drug-likeness (QED) is 0.875. The molecule has 2 N–H and O–H groups in total. The van der Waals surface area contributed by atoms with Gasteiger partial charge in [-0.25, -0.2) is 0 Å². The summed E-state index contributed by atoms with van der Waals surface area (Å²) in [5, 5.41) is 2.39. The van der Waals surface area contributed by atoms with E-state index in [9.17, 15) is 0 Å². The van der Waals surface area contributed by atoms with Crippen LogP contribution in [0.3, 0.4) is 0 Å². The highest BCUT2D eigenvalue weighted by molar-refractivity contribution is 5.89. The zero-order valence-electron chi connectivity index (χ0n) is 11.4. The van der Waals surface area contributed by atoms with Gasteiger partial charge in [0.05, 0.1) is 6.61 Å². The fourth-order valence-corrected chi connectivity index (χ4v) is 2.51. The van der Waals surface area contributed by atoms with Crippen LogP contribution >= 0.6 is 0 Å². The fraction of sp³-hybridized carbons (Fsp3) is 0.412. The first-order chi connectivity index (χ1) is 9.25. The topological polar surface area (TPSA) is 35.2 Å². The molecule has 0 bridgehead atoms. The lowest BCUT2D eigenvalue weighted by molar-refractivity contribution is 0.302. The molecule has 2 aromatic carbocycles. The van der Waals surface area contributed by atoms with Gasteiger partial charge in [0, 0.05) is 17.0 Å². The highest BCUT2D eigenvalue weighted by Gasteiger charge is 2.21. The van der Waals surface area contributed by atoms with Gasteiger partial charge in [-0.05, 0) is 24.6 Å². The second-order valence-electron chi connectivity index (χ2n) is 5.57. The van der Waals surface area contributed by atoms with Crippen molar-refractivity contribution in [2.24, 2.45) is 11.7 Å². The molecule has 1 aliphatic rings. The van der Waals surface area contributed by atoms with E-state index >= 15 is 0 Å². The maximum Gasteiger partial charge on any atom is 0.131 e. The van der Waals surface area contributed by atoms with Crippen molar-refractivity contribution in [3.05, 3.63) is 42.0 Å². The molecule has 0 aliphatic heterocycles. The van der Waals surface area contributed by atoms with E-state index in [1.807, 2.05) is 6.92 Å². The molecule has 1 atom stereocenters. The van der Waals surface area contributed by atoms with Crippen LogP contribution in [0.15, 0.2) is 36.4 Å². The molecule has 1 aliphatic carbocycles. The third kappa shape index (κ3) is 2.74. The first-order valence-electron chi connectivity index (χ1n) is 7.15. The van der Waals surface area contributed by atoms with Crippen molar-refractivity contribution in [2.45, 2.75) is 32.2 Å². The molecular weight excluding hydrogens is 234 g/mol. The van der Waals surface area contributed by atoms with E-state index in [-0.39, 0.29) is 6.04 Å². The van der Waals surface area contributed by atoms with Crippen LogP contribution in [0, 0.1) is 5.92 Å². The molecule has 0 spiro atoms. The van der Waals surface area contributed by atoms with E-state index in [1.54, 1.807) is 0 Å². The number of benzene rings is 2. The Hall–Kier alpha value is -1.54. The molecule has 0 aromatic heterocycles. The van der Waals surface area contributed by atoms with Crippen molar-refractivity contribution in [2.75, 3.05) is 6.61 Å². The Morgan fingerprint density at radius 1 is 1.21 bits per heavy atom. The zero-order valence-corrected chi connectivity index (χ0v) is 11.4. The molecule has 0 radical (unpaired) electrons. The molecule has 2 heteroatoms. The lowest BCUT2D eigenvalue weighted by Gasteiger charge is -2.16. The molecule has 100 valence electrons. The Bertz CT molecular complexity index is 572. The number of hydrogen-bond donors (Lipinski definition) is 1. The average molecular weight is 255 g/mol. The van der Waals surface area contributed by atoms with Gasteiger partial charge in [0.2, 0.25) is 0 Å². The summed E-state index contributed by atoms with van der Waals surface area (Å²) in [6, 6.07) is 12.6. The number of fused-ring (bicyclic) bond motifs is 1. The van der Waals surface area contributed by atoms with Crippen LogP contribution in [0.1, 0.15) is 37.8 Å². The Labute approximate surface area is 114 Å². The van der Waals surface area contributed by atoms with Gasteiger partial charge in [0.25, 0.3) is 0 Å². The summed E-state index contributed by atoms with van der Waals surface area (Å²) in [5.41, 5.74) is 7.18.